The van der Waals surface area contributed by atoms with Crippen molar-refractivity contribution in [2.45, 2.75) is 40.0 Å². The van der Waals surface area contributed by atoms with Crippen LogP contribution in [0.25, 0.3) is 0 Å². The van der Waals surface area contributed by atoms with Crippen LogP contribution in [0.15, 0.2) is 42.5 Å². The minimum Gasteiger partial charge on any atom is -0.289 e. The van der Waals surface area contributed by atoms with Crippen molar-refractivity contribution < 1.29 is 4.79 Å². The first-order valence-corrected chi connectivity index (χ1v) is 7.24. The number of carbonyl (C=O) groups excluding carboxylic acids is 1. The molecule has 104 valence electrons. The average molecular weight is 266 g/mol. The van der Waals surface area contributed by atoms with Crippen LogP contribution in [0.1, 0.15) is 58.8 Å². The first-order valence-electron chi connectivity index (χ1n) is 7.24. The van der Waals surface area contributed by atoms with Crippen LogP contribution in [0, 0.1) is 13.8 Å². The van der Waals surface area contributed by atoms with E-state index in [9.17, 15) is 4.79 Å². The van der Waals surface area contributed by atoms with Gasteiger partial charge in [0, 0.05) is 11.1 Å². The summed E-state index contributed by atoms with van der Waals surface area (Å²) in [5.74, 6) is 0.643. The summed E-state index contributed by atoms with van der Waals surface area (Å²) in [6.07, 6.45) is 1.12. The largest absolute Gasteiger partial charge is 0.289 e. The van der Waals surface area contributed by atoms with E-state index in [1.807, 2.05) is 37.3 Å². The predicted octanol–water partition coefficient (Wildman–Crippen LogP) is 5.05. The fraction of sp³-hybridized carbons (Fsp3) is 0.316. The molecule has 1 atom stereocenters. The third-order valence-electron chi connectivity index (χ3n) is 4.12. The lowest BCUT2D eigenvalue weighted by molar-refractivity contribution is 0.103. The van der Waals surface area contributed by atoms with Crippen LogP contribution in [0.2, 0.25) is 0 Å². The number of ketones is 1. The normalized spacial score (nSPS) is 12.2. The maximum Gasteiger partial charge on any atom is 0.193 e. The Bertz CT molecular complexity index is 608. The Morgan fingerprint density at radius 3 is 2.10 bits per heavy atom. The van der Waals surface area contributed by atoms with Crippen LogP contribution in [0.3, 0.4) is 0 Å². The van der Waals surface area contributed by atoms with E-state index in [2.05, 4.69) is 32.9 Å². The van der Waals surface area contributed by atoms with Crippen LogP contribution in [-0.4, -0.2) is 5.78 Å². The zero-order valence-corrected chi connectivity index (χ0v) is 12.7. The Labute approximate surface area is 121 Å². The van der Waals surface area contributed by atoms with Gasteiger partial charge in [0.2, 0.25) is 0 Å². The van der Waals surface area contributed by atoms with Crippen LogP contribution in [0.4, 0.5) is 0 Å². The first-order chi connectivity index (χ1) is 9.52. The molecule has 1 unspecified atom stereocenters. The van der Waals surface area contributed by atoms with E-state index >= 15 is 0 Å². The van der Waals surface area contributed by atoms with Crippen molar-refractivity contribution >= 4 is 5.78 Å². The monoisotopic (exact) mass is 266 g/mol. The van der Waals surface area contributed by atoms with Gasteiger partial charge in [-0.05, 0) is 48.9 Å². The van der Waals surface area contributed by atoms with E-state index in [1.54, 1.807) is 0 Å². The maximum absolute atomic E-state index is 12.5. The van der Waals surface area contributed by atoms with E-state index in [1.165, 1.54) is 11.1 Å². The molecule has 0 saturated heterocycles. The van der Waals surface area contributed by atoms with Crippen molar-refractivity contribution in [3.05, 3.63) is 70.3 Å². The highest BCUT2D eigenvalue weighted by atomic mass is 16.1. The summed E-state index contributed by atoms with van der Waals surface area (Å²) in [6.45, 7) is 8.49. The second kappa shape index (κ2) is 6.04. The zero-order valence-electron chi connectivity index (χ0n) is 12.7. The number of benzene rings is 2. The molecular formula is C19H22O. The fourth-order valence-corrected chi connectivity index (χ4v) is 2.25. The van der Waals surface area contributed by atoms with Gasteiger partial charge in [0.05, 0.1) is 0 Å². The van der Waals surface area contributed by atoms with Gasteiger partial charge in [-0.15, -0.1) is 0 Å². The van der Waals surface area contributed by atoms with E-state index < -0.39 is 0 Å². The molecule has 0 aliphatic carbocycles. The third kappa shape index (κ3) is 2.98. The molecule has 0 bridgehead atoms. The van der Waals surface area contributed by atoms with E-state index in [-0.39, 0.29) is 5.78 Å². The molecule has 1 heteroatoms. The topological polar surface area (TPSA) is 17.1 Å². The van der Waals surface area contributed by atoms with E-state index in [4.69, 9.17) is 0 Å². The Balaban J connectivity index is 2.27. The quantitative estimate of drug-likeness (QED) is 0.708. The highest BCUT2D eigenvalue weighted by Gasteiger charge is 2.10. The van der Waals surface area contributed by atoms with Crippen molar-refractivity contribution in [2.75, 3.05) is 0 Å². The molecule has 0 amide bonds. The molecule has 2 rings (SSSR count). The van der Waals surface area contributed by atoms with Crippen molar-refractivity contribution in [1.82, 2.24) is 0 Å². The van der Waals surface area contributed by atoms with Gasteiger partial charge in [0.1, 0.15) is 0 Å². The predicted molar refractivity (Wildman–Crippen MR) is 84.5 cm³/mol. The number of hydrogen-bond acceptors (Lipinski definition) is 1. The van der Waals surface area contributed by atoms with E-state index in [0.29, 0.717) is 5.92 Å². The van der Waals surface area contributed by atoms with Gasteiger partial charge >= 0.3 is 0 Å². The van der Waals surface area contributed by atoms with Crippen molar-refractivity contribution in [3.63, 3.8) is 0 Å². The smallest absolute Gasteiger partial charge is 0.193 e. The second-order valence-corrected chi connectivity index (χ2v) is 5.56. The Morgan fingerprint density at radius 1 is 0.950 bits per heavy atom. The molecule has 2 aromatic rings. The van der Waals surface area contributed by atoms with Crippen LogP contribution >= 0.6 is 0 Å². The minimum atomic E-state index is 0.101. The van der Waals surface area contributed by atoms with Crippen LogP contribution < -0.4 is 0 Å². The molecule has 2 aromatic carbocycles. The van der Waals surface area contributed by atoms with Gasteiger partial charge in [-0.25, -0.2) is 0 Å². The standard InChI is InChI=1S/C19H22O/c1-5-13(2)16-8-10-17(11-9-16)19(20)18-7-6-14(3)15(4)12-18/h6-13H,5H2,1-4H3. The average Bonchev–Trinajstić information content (AvgIpc) is 2.48. The second-order valence-electron chi connectivity index (χ2n) is 5.56. The summed E-state index contributed by atoms with van der Waals surface area (Å²) in [5.41, 5.74) is 5.20. The molecule has 20 heavy (non-hydrogen) atoms. The SMILES string of the molecule is CCC(C)c1ccc(C(=O)c2ccc(C)c(C)c2)cc1. The Hall–Kier alpha value is -1.89. The molecule has 0 fully saturated rings. The lowest BCUT2D eigenvalue weighted by Gasteiger charge is -2.10. The van der Waals surface area contributed by atoms with Crippen LogP contribution in [-0.2, 0) is 0 Å². The molecule has 0 saturated carbocycles. The third-order valence-corrected chi connectivity index (χ3v) is 4.12. The molecule has 0 heterocycles. The minimum absolute atomic E-state index is 0.101. The van der Waals surface area contributed by atoms with Gasteiger partial charge in [0.15, 0.2) is 5.78 Å². The highest BCUT2D eigenvalue weighted by molar-refractivity contribution is 6.09. The summed E-state index contributed by atoms with van der Waals surface area (Å²) in [7, 11) is 0. The molecule has 0 radical (unpaired) electrons. The molecule has 0 aliphatic rings. The zero-order chi connectivity index (χ0) is 14.7. The number of aryl methyl sites for hydroxylation is 2. The lowest BCUT2D eigenvalue weighted by atomic mass is 9.95. The highest BCUT2D eigenvalue weighted by Crippen LogP contribution is 2.20. The van der Waals surface area contributed by atoms with Gasteiger partial charge in [-0.3, -0.25) is 4.79 Å². The lowest BCUT2D eigenvalue weighted by Crippen LogP contribution is -2.02. The Morgan fingerprint density at radius 2 is 1.55 bits per heavy atom. The number of carbonyl (C=O) groups is 1. The molecular weight excluding hydrogens is 244 g/mol. The fourth-order valence-electron chi connectivity index (χ4n) is 2.25. The van der Waals surface area contributed by atoms with Crippen molar-refractivity contribution in [3.8, 4) is 0 Å². The van der Waals surface area contributed by atoms with Gasteiger partial charge < -0.3 is 0 Å². The Kier molecular flexibility index (Phi) is 4.39. The molecule has 0 N–H and O–H groups in total. The van der Waals surface area contributed by atoms with Gasteiger partial charge in [0.25, 0.3) is 0 Å². The van der Waals surface area contributed by atoms with Gasteiger partial charge in [-0.1, -0.05) is 50.2 Å². The molecule has 0 spiro atoms. The first kappa shape index (κ1) is 14.5. The van der Waals surface area contributed by atoms with Gasteiger partial charge in [-0.2, -0.15) is 0 Å². The summed E-state index contributed by atoms with van der Waals surface area (Å²) >= 11 is 0. The maximum atomic E-state index is 12.5. The molecule has 1 nitrogen and oxygen atoms in total. The van der Waals surface area contributed by atoms with Crippen LogP contribution in [0.5, 0.6) is 0 Å². The number of rotatable bonds is 4. The molecule has 0 aliphatic heterocycles. The summed E-state index contributed by atoms with van der Waals surface area (Å²) in [4.78, 5) is 12.5. The summed E-state index contributed by atoms with van der Waals surface area (Å²) < 4.78 is 0. The molecule has 0 aromatic heterocycles. The van der Waals surface area contributed by atoms with E-state index in [0.717, 1.165) is 23.1 Å². The number of hydrogen-bond donors (Lipinski definition) is 0. The summed E-state index contributed by atoms with van der Waals surface area (Å²) in [6, 6.07) is 13.9. The van der Waals surface area contributed by atoms with Crippen molar-refractivity contribution in [2.24, 2.45) is 0 Å². The van der Waals surface area contributed by atoms with Crippen molar-refractivity contribution in [1.29, 1.82) is 0 Å². The summed E-state index contributed by atoms with van der Waals surface area (Å²) in [5, 5.41) is 0.